The average molecular weight is 286 g/mol. The van der Waals surface area contributed by atoms with Crippen molar-refractivity contribution in [3.05, 3.63) is 60.2 Å². The second kappa shape index (κ2) is 9.40. The molecule has 2 aromatic rings. The van der Waals surface area contributed by atoms with Crippen LogP contribution in [0.1, 0.15) is 12.0 Å². The van der Waals surface area contributed by atoms with Crippen LogP contribution in [0, 0.1) is 0 Å². The fraction of sp³-hybridized carbons (Fsp3) is 0.143. The number of ketones is 1. The van der Waals surface area contributed by atoms with Crippen molar-refractivity contribution in [3.63, 3.8) is 0 Å². The summed E-state index contributed by atoms with van der Waals surface area (Å²) >= 11 is 0. The van der Waals surface area contributed by atoms with Gasteiger partial charge in [-0.1, -0.05) is 6.42 Å². The van der Waals surface area contributed by atoms with Gasteiger partial charge >= 0.3 is 23.0 Å². The van der Waals surface area contributed by atoms with Crippen LogP contribution in [0.5, 0.6) is 0 Å². The Morgan fingerprint density at radius 3 is 2.00 bits per heavy atom. The predicted molar refractivity (Wildman–Crippen MR) is 65.0 cm³/mol. The smallest absolute Gasteiger partial charge is 0.476 e. The normalized spacial score (nSPS) is 8.67. The minimum Gasteiger partial charge on any atom is -0.476 e. The van der Waals surface area contributed by atoms with Crippen molar-refractivity contribution in [2.24, 2.45) is 0 Å². The Balaban J connectivity index is 0.000000405. The number of rotatable bonds is 4. The van der Waals surface area contributed by atoms with Gasteiger partial charge in [0.15, 0.2) is 0 Å². The van der Waals surface area contributed by atoms with Crippen molar-refractivity contribution in [3.8, 4) is 0 Å². The molecule has 96 valence electrons. The molecule has 2 rings (SSSR count). The van der Waals surface area contributed by atoms with E-state index < -0.39 is 11.8 Å². The van der Waals surface area contributed by atoms with E-state index in [2.05, 4.69) is 0 Å². The first-order chi connectivity index (χ1) is 8.20. The fourth-order valence-corrected chi connectivity index (χ4v) is 1.27. The number of carbonyl (C=O) groups is 2. The molecule has 0 spiro atoms. The molecule has 0 heterocycles. The van der Waals surface area contributed by atoms with Gasteiger partial charge in [0.1, 0.15) is 0 Å². The number of aliphatic carboxylic acids is 1. The molecule has 0 aliphatic rings. The summed E-state index contributed by atoms with van der Waals surface area (Å²) < 4.78 is 0. The first-order valence-electron chi connectivity index (χ1n) is 5.33. The molecule has 0 amide bonds. The fourth-order valence-electron chi connectivity index (χ4n) is 1.27. The molecular weight excluding hydrogens is 272 g/mol. The summed E-state index contributed by atoms with van der Waals surface area (Å²) in [6.07, 6.45) is 0.595. The molecule has 0 aliphatic heterocycles. The van der Waals surface area contributed by atoms with E-state index in [1.54, 1.807) is 0 Å². The Labute approximate surface area is 117 Å². The zero-order valence-corrected chi connectivity index (χ0v) is 10.8. The minimum atomic E-state index is -1.35. The summed E-state index contributed by atoms with van der Waals surface area (Å²) in [5.41, 5.74) is 1.00. The number of carboxylic acids is 1. The summed E-state index contributed by atoms with van der Waals surface area (Å²) in [5.74, 6) is -2.07. The van der Waals surface area contributed by atoms with Crippen LogP contribution in [-0.2, 0) is 33.1 Å². The van der Waals surface area contributed by atoms with Crippen LogP contribution in [0.3, 0.4) is 0 Å². The first kappa shape index (κ1) is 16.4. The summed E-state index contributed by atoms with van der Waals surface area (Å²) in [6.45, 7) is 0. The van der Waals surface area contributed by atoms with Crippen molar-refractivity contribution in [2.75, 3.05) is 0 Å². The van der Waals surface area contributed by atoms with Crippen LogP contribution < -0.4 is 0 Å². The molecule has 3 nitrogen and oxygen atoms in total. The van der Waals surface area contributed by atoms with Crippen molar-refractivity contribution < 1.29 is 31.8 Å². The molecule has 0 atom stereocenters. The van der Waals surface area contributed by atoms with Gasteiger partial charge in [-0.25, -0.2) is 29.1 Å². The SMILES string of the molecule is O=C(O)C(=O)CC[c-]1cccc1.[Fe+2].c1cc[cH-]c1. The largest absolute Gasteiger partial charge is 2.00 e. The number of Topliss-reactive ketones (excluding diaryl/α,β-unsaturated/α-hetero) is 1. The van der Waals surface area contributed by atoms with Crippen LogP contribution in [0.4, 0.5) is 0 Å². The van der Waals surface area contributed by atoms with Gasteiger partial charge in [-0.05, 0) is 0 Å². The molecule has 0 aromatic heterocycles. The quantitative estimate of drug-likeness (QED) is 0.533. The Hall–Kier alpha value is -1.64. The van der Waals surface area contributed by atoms with Crippen molar-refractivity contribution in [1.29, 1.82) is 0 Å². The summed E-state index contributed by atoms with van der Waals surface area (Å²) in [6, 6.07) is 17.5. The molecule has 0 bridgehead atoms. The van der Waals surface area contributed by atoms with E-state index in [1.165, 1.54) is 0 Å². The monoisotopic (exact) mass is 286 g/mol. The predicted octanol–water partition coefficient (Wildman–Crippen LogP) is 2.39. The van der Waals surface area contributed by atoms with Crippen molar-refractivity contribution in [2.45, 2.75) is 12.8 Å². The Bertz CT molecular complexity index is 412. The number of carboxylic acid groups (broad SMARTS) is 1. The standard InChI is InChI=1S/C9H9O3.C5H5.Fe/c10-8(9(11)12)6-5-7-3-1-2-4-7;1-2-4-5-3-1;/h1-4H,5-6H2,(H,11,12);1-5H;/q2*-1;+2. The molecule has 2 aromatic carbocycles. The molecule has 4 heteroatoms. The third kappa shape index (κ3) is 6.84. The number of hydrogen-bond acceptors (Lipinski definition) is 2. The van der Waals surface area contributed by atoms with Gasteiger partial charge in [-0.3, -0.25) is 4.79 Å². The molecule has 1 N–H and O–H groups in total. The topological polar surface area (TPSA) is 54.4 Å². The molecule has 0 fully saturated rings. The second-order valence-electron chi connectivity index (χ2n) is 3.48. The zero-order valence-electron chi connectivity index (χ0n) is 9.73. The van der Waals surface area contributed by atoms with Gasteiger partial charge < -0.3 is 5.11 Å². The van der Waals surface area contributed by atoms with Crippen LogP contribution in [0.25, 0.3) is 0 Å². The van der Waals surface area contributed by atoms with E-state index in [4.69, 9.17) is 5.11 Å². The average Bonchev–Trinajstić information content (AvgIpc) is 3.00. The maximum atomic E-state index is 10.6. The molecule has 0 saturated heterocycles. The van der Waals surface area contributed by atoms with Gasteiger partial charge in [0.25, 0.3) is 0 Å². The van der Waals surface area contributed by atoms with E-state index >= 15 is 0 Å². The Kier molecular flexibility index (Phi) is 8.54. The third-order valence-electron chi connectivity index (χ3n) is 2.17. The third-order valence-corrected chi connectivity index (χ3v) is 2.17. The summed E-state index contributed by atoms with van der Waals surface area (Å²) in [7, 11) is 0. The Morgan fingerprint density at radius 2 is 1.61 bits per heavy atom. The van der Waals surface area contributed by atoms with E-state index in [-0.39, 0.29) is 23.5 Å². The van der Waals surface area contributed by atoms with Crippen LogP contribution >= 0.6 is 0 Å². The van der Waals surface area contributed by atoms with Crippen LogP contribution in [-0.4, -0.2) is 16.9 Å². The van der Waals surface area contributed by atoms with Crippen LogP contribution in [0.2, 0.25) is 0 Å². The summed E-state index contributed by atoms with van der Waals surface area (Å²) in [4.78, 5) is 20.7. The number of aryl methyl sites for hydroxylation is 1. The van der Waals surface area contributed by atoms with Gasteiger partial charge in [-0.2, -0.15) is 35.9 Å². The molecule has 0 saturated carbocycles. The molecule has 18 heavy (non-hydrogen) atoms. The molecule has 0 unspecified atom stereocenters. The van der Waals surface area contributed by atoms with Crippen LogP contribution in [0.15, 0.2) is 54.6 Å². The van der Waals surface area contributed by atoms with Crippen molar-refractivity contribution in [1.82, 2.24) is 0 Å². The maximum absolute atomic E-state index is 10.6. The number of hydrogen-bond donors (Lipinski definition) is 1. The number of carbonyl (C=O) groups excluding carboxylic acids is 1. The van der Waals surface area contributed by atoms with Gasteiger partial charge in [-0.15, -0.1) is 0 Å². The van der Waals surface area contributed by atoms with Gasteiger partial charge in [0, 0.05) is 6.42 Å². The molecule has 0 radical (unpaired) electrons. The van der Waals surface area contributed by atoms with Crippen molar-refractivity contribution >= 4 is 11.8 Å². The Morgan fingerprint density at radius 1 is 1.06 bits per heavy atom. The summed E-state index contributed by atoms with van der Waals surface area (Å²) in [5, 5.41) is 8.26. The maximum Gasteiger partial charge on any atom is 2.00 e. The van der Waals surface area contributed by atoms with E-state index in [0.717, 1.165) is 5.56 Å². The van der Waals surface area contributed by atoms with E-state index in [9.17, 15) is 9.59 Å². The van der Waals surface area contributed by atoms with E-state index in [1.807, 2.05) is 54.6 Å². The first-order valence-corrected chi connectivity index (χ1v) is 5.33. The van der Waals surface area contributed by atoms with Gasteiger partial charge in [0.05, 0.1) is 0 Å². The minimum absolute atomic E-state index is 0. The zero-order chi connectivity index (χ0) is 12.5. The molecule has 0 aliphatic carbocycles. The second-order valence-corrected chi connectivity index (χ2v) is 3.48. The molecular formula is C14H14FeO3. The van der Waals surface area contributed by atoms with Gasteiger partial charge in [0.2, 0.25) is 5.78 Å². The van der Waals surface area contributed by atoms with E-state index in [0.29, 0.717) is 6.42 Å².